The normalized spacial score (nSPS) is 22.4. The summed E-state index contributed by atoms with van der Waals surface area (Å²) in [5, 5.41) is 15.4. The van der Waals surface area contributed by atoms with Gasteiger partial charge in [0, 0.05) is 45.0 Å². The molecular formula is C17H31N7OS. The molecule has 3 heterocycles. The van der Waals surface area contributed by atoms with Gasteiger partial charge in [-0.15, -0.1) is 10.2 Å². The van der Waals surface area contributed by atoms with E-state index >= 15 is 0 Å². The van der Waals surface area contributed by atoms with Gasteiger partial charge in [0.05, 0.1) is 13.2 Å². The number of thioether (sulfide) groups is 1. The van der Waals surface area contributed by atoms with Gasteiger partial charge in [0.1, 0.15) is 12.4 Å². The minimum absolute atomic E-state index is 0.490. The standard InChI is InChI=1S/C17H31N7OS/c1-14-21-22-16(23(14)2)12-19-17(20-15-4-3-11-26-13-15)18-5-6-24-7-9-25-10-8-24/h15H,3-13H2,1-2H3,(H2,18,19,20). The van der Waals surface area contributed by atoms with E-state index in [2.05, 4.69) is 25.7 Å². The molecule has 0 spiro atoms. The Bertz CT molecular complexity index is 580. The van der Waals surface area contributed by atoms with E-state index in [0.29, 0.717) is 12.6 Å². The monoisotopic (exact) mass is 381 g/mol. The summed E-state index contributed by atoms with van der Waals surface area (Å²) in [6.07, 6.45) is 2.48. The molecule has 2 saturated heterocycles. The van der Waals surface area contributed by atoms with Crippen molar-refractivity contribution in [2.45, 2.75) is 32.4 Å². The molecule has 0 amide bonds. The number of guanidine groups is 1. The van der Waals surface area contributed by atoms with Crippen LogP contribution in [0.15, 0.2) is 4.99 Å². The van der Waals surface area contributed by atoms with Crippen LogP contribution in [-0.2, 0) is 18.3 Å². The fraction of sp³-hybridized carbons (Fsp3) is 0.824. The summed E-state index contributed by atoms with van der Waals surface area (Å²) >= 11 is 2.02. The second kappa shape index (κ2) is 10.1. The SMILES string of the molecule is Cc1nnc(CN=C(NCCN2CCOCC2)NC2CCCSC2)n1C. The maximum atomic E-state index is 5.41. The number of aromatic nitrogens is 3. The van der Waals surface area contributed by atoms with Crippen molar-refractivity contribution >= 4 is 17.7 Å². The summed E-state index contributed by atoms with van der Waals surface area (Å²) in [5.41, 5.74) is 0. The first-order chi connectivity index (χ1) is 12.7. The van der Waals surface area contributed by atoms with Gasteiger partial charge in [-0.2, -0.15) is 11.8 Å². The molecule has 26 heavy (non-hydrogen) atoms. The van der Waals surface area contributed by atoms with Crippen molar-refractivity contribution in [1.82, 2.24) is 30.3 Å². The number of aliphatic imine (C=N–C) groups is 1. The van der Waals surface area contributed by atoms with Crippen molar-refractivity contribution in [1.29, 1.82) is 0 Å². The fourth-order valence-corrected chi connectivity index (χ4v) is 4.17. The Hall–Kier alpha value is -1.32. The molecule has 1 unspecified atom stereocenters. The average Bonchev–Trinajstić information content (AvgIpc) is 2.99. The van der Waals surface area contributed by atoms with Gasteiger partial charge in [0.25, 0.3) is 0 Å². The van der Waals surface area contributed by atoms with Gasteiger partial charge in [-0.3, -0.25) is 4.90 Å². The minimum Gasteiger partial charge on any atom is -0.379 e. The largest absolute Gasteiger partial charge is 0.379 e. The molecule has 2 aliphatic rings. The first-order valence-electron chi connectivity index (χ1n) is 9.50. The van der Waals surface area contributed by atoms with Gasteiger partial charge in [0.2, 0.25) is 0 Å². The van der Waals surface area contributed by atoms with Crippen LogP contribution in [0.3, 0.4) is 0 Å². The molecule has 1 aromatic rings. The highest BCUT2D eigenvalue weighted by Gasteiger charge is 2.16. The highest BCUT2D eigenvalue weighted by molar-refractivity contribution is 7.99. The summed E-state index contributed by atoms with van der Waals surface area (Å²) in [5.74, 6) is 5.09. The third-order valence-corrected chi connectivity index (χ3v) is 6.10. The first kappa shape index (κ1) is 19.4. The van der Waals surface area contributed by atoms with E-state index in [1.807, 2.05) is 30.3 Å². The molecule has 2 N–H and O–H groups in total. The Morgan fingerprint density at radius 1 is 1.35 bits per heavy atom. The smallest absolute Gasteiger partial charge is 0.192 e. The third kappa shape index (κ3) is 5.85. The van der Waals surface area contributed by atoms with Crippen molar-refractivity contribution in [3.05, 3.63) is 11.6 Å². The van der Waals surface area contributed by atoms with Gasteiger partial charge in [0.15, 0.2) is 11.8 Å². The molecule has 0 bridgehead atoms. The lowest BCUT2D eigenvalue weighted by atomic mass is 10.2. The molecule has 8 nitrogen and oxygen atoms in total. The van der Waals surface area contributed by atoms with Crippen molar-refractivity contribution < 1.29 is 4.74 Å². The maximum Gasteiger partial charge on any atom is 0.192 e. The van der Waals surface area contributed by atoms with Crippen LogP contribution in [0.2, 0.25) is 0 Å². The van der Waals surface area contributed by atoms with Crippen LogP contribution in [0.5, 0.6) is 0 Å². The zero-order chi connectivity index (χ0) is 18.2. The summed E-state index contributed by atoms with van der Waals surface area (Å²) in [4.78, 5) is 7.19. The lowest BCUT2D eigenvalue weighted by Gasteiger charge is -2.28. The summed E-state index contributed by atoms with van der Waals surface area (Å²) < 4.78 is 7.40. The first-order valence-corrected chi connectivity index (χ1v) is 10.7. The molecule has 3 rings (SSSR count). The maximum absolute atomic E-state index is 5.41. The molecular weight excluding hydrogens is 350 g/mol. The molecule has 0 aromatic carbocycles. The Labute approximate surface area is 160 Å². The molecule has 146 valence electrons. The zero-order valence-electron chi connectivity index (χ0n) is 15.9. The summed E-state index contributed by atoms with van der Waals surface area (Å²) in [6, 6.07) is 0.490. The number of nitrogens with zero attached hydrogens (tertiary/aromatic N) is 5. The lowest BCUT2D eigenvalue weighted by molar-refractivity contribution is 0.0389. The molecule has 0 saturated carbocycles. The Morgan fingerprint density at radius 3 is 2.88 bits per heavy atom. The van der Waals surface area contributed by atoms with Crippen LogP contribution in [0.4, 0.5) is 0 Å². The molecule has 1 aromatic heterocycles. The number of morpholine rings is 1. The van der Waals surface area contributed by atoms with Gasteiger partial charge in [-0.05, 0) is 25.5 Å². The number of aryl methyl sites for hydroxylation is 1. The van der Waals surface area contributed by atoms with Gasteiger partial charge < -0.3 is 19.9 Å². The summed E-state index contributed by atoms with van der Waals surface area (Å²) in [6.45, 7) is 8.07. The van der Waals surface area contributed by atoms with Crippen molar-refractivity contribution in [3.8, 4) is 0 Å². The number of nitrogens with one attached hydrogen (secondary N) is 2. The second-order valence-corrected chi connectivity index (χ2v) is 7.98. The van der Waals surface area contributed by atoms with E-state index in [4.69, 9.17) is 9.73 Å². The third-order valence-electron chi connectivity index (χ3n) is 4.89. The molecule has 2 fully saturated rings. The molecule has 9 heteroatoms. The molecule has 1 atom stereocenters. The van der Waals surface area contributed by atoms with Crippen LogP contribution in [0.1, 0.15) is 24.5 Å². The average molecular weight is 382 g/mol. The van der Waals surface area contributed by atoms with Crippen LogP contribution in [0.25, 0.3) is 0 Å². The second-order valence-electron chi connectivity index (χ2n) is 6.83. The van der Waals surface area contributed by atoms with Crippen LogP contribution in [-0.4, -0.2) is 82.6 Å². The molecule has 2 aliphatic heterocycles. The quantitative estimate of drug-likeness (QED) is 0.545. The highest BCUT2D eigenvalue weighted by atomic mass is 32.2. The Balaban J connectivity index is 1.54. The van der Waals surface area contributed by atoms with E-state index < -0.39 is 0 Å². The molecule has 0 aliphatic carbocycles. The van der Waals surface area contributed by atoms with Gasteiger partial charge >= 0.3 is 0 Å². The Morgan fingerprint density at radius 2 is 2.19 bits per heavy atom. The predicted molar refractivity (Wildman–Crippen MR) is 106 cm³/mol. The van der Waals surface area contributed by atoms with Crippen molar-refractivity contribution in [2.24, 2.45) is 12.0 Å². The fourth-order valence-electron chi connectivity index (χ4n) is 3.10. The number of rotatable bonds is 6. The number of hydrogen-bond donors (Lipinski definition) is 2. The minimum atomic E-state index is 0.490. The lowest BCUT2D eigenvalue weighted by Crippen LogP contribution is -2.48. The Kier molecular flexibility index (Phi) is 7.57. The number of hydrogen-bond acceptors (Lipinski definition) is 6. The molecule has 0 radical (unpaired) electrons. The van der Waals surface area contributed by atoms with E-state index in [9.17, 15) is 0 Å². The zero-order valence-corrected chi connectivity index (χ0v) is 16.7. The van der Waals surface area contributed by atoms with Crippen LogP contribution >= 0.6 is 11.8 Å². The van der Waals surface area contributed by atoms with E-state index in [0.717, 1.165) is 62.8 Å². The van der Waals surface area contributed by atoms with Crippen LogP contribution in [0, 0.1) is 6.92 Å². The van der Waals surface area contributed by atoms with E-state index in [1.54, 1.807) is 0 Å². The van der Waals surface area contributed by atoms with E-state index in [1.165, 1.54) is 18.6 Å². The predicted octanol–water partition coefficient (Wildman–Crippen LogP) is 0.387. The van der Waals surface area contributed by atoms with Gasteiger partial charge in [-0.1, -0.05) is 0 Å². The van der Waals surface area contributed by atoms with Crippen molar-refractivity contribution in [2.75, 3.05) is 50.9 Å². The van der Waals surface area contributed by atoms with E-state index in [-0.39, 0.29) is 0 Å². The topological polar surface area (TPSA) is 79.6 Å². The van der Waals surface area contributed by atoms with Crippen LogP contribution < -0.4 is 10.6 Å². The highest BCUT2D eigenvalue weighted by Crippen LogP contribution is 2.16. The van der Waals surface area contributed by atoms with Gasteiger partial charge in [-0.25, -0.2) is 4.99 Å². The van der Waals surface area contributed by atoms with Crippen molar-refractivity contribution in [3.63, 3.8) is 0 Å². The summed E-state index contributed by atoms with van der Waals surface area (Å²) in [7, 11) is 1.98. The number of ether oxygens (including phenoxy) is 1.